The van der Waals surface area contributed by atoms with Crippen LogP contribution in [-0.4, -0.2) is 19.1 Å². The highest BCUT2D eigenvalue weighted by atomic mass is 15.2. The van der Waals surface area contributed by atoms with Gasteiger partial charge in [-0.3, -0.25) is 0 Å². The lowest BCUT2D eigenvalue weighted by molar-refractivity contribution is 0.510. The number of nitrogens with two attached hydrogens (primary N) is 1. The number of nitrogens with zero attached hydrogens (tertiary/aromatic N) is 1. The molecule has 0 saturated heterocycles. The molecule has 1 aliphatic rings. The second-order valence-corrected chi connectivity index (χ2v) is 6.37. The summed E-state index contributed by atoms with van der Waals surface area (Å²) >= 11 is 0. The van der Waals surface area contributed by atoms with Gasteiger partial charge in [0.25, 0.3) is 0 Å². The van der Waals surface area contributed by atoms with Gasteiger partial charge < -0.3 is 10.6 Å². The topological polar surface area (TPSA) is 29.3 Å². The molecular weight excluding hydrogens is 256 g/mol. The maximum absolute atomic E-state index is 5.99. The van der Waals surface area contributed by atoms with Crippen molar-refractivity contribution < 1.29 is 0 Å². The number of rotatable bonds is 9. The number of para-hydroxylation sites is 1. The lowest BCUT2D eigenvalue weighted by Gasteiger charge is -2.38. The van der Waals surface area contributed by atoms with Gasteiger partial charge in [0.2, 0.25) is 0 Å². The summed E-state index contributed by atoms with van der Waals surface area (Å²) in [6, 6.07) is 9.42. The number of benzene rings is 1. The van der Waals surface area contributed by atoms with Crippen LogP contribution in [0.4, 0.5) is 5.69 Å². The molecule has 118 valence electrons. The van der Waals surface area contributed by atoms with E-state index >= 15 is 0 Å². The number of aryl methyl sites for hydroxylation is 1. The van der Waals surface area contributed by atoms with E-state index in [0.29, 0.717) is 6.04 Å². The van der Waals surface area contributed by atoms with Gasteiger partial charge in [-0.2, -0.15) is 0 Å². The first-order chi connectivity index (χ1) is 10.4. The fourth-order valence-electron chi connectivity index (χ4n) is 3.46. The van der Waals surface area contributed by atoms with Crippen molar-refractivity contribution in [2.45, 2.75) is 70.8 Å². The van der Waals surface area contributed by atoms with E-state index in [4.69, 9.17) is 5.73 Å². The zero-order chi connectivity index (χ0) is 14.9. The summed E-state index contributed by atoms with van der Waals surface area (Å²) in [7, 11) is 0. The van der Waals surface area contributed by atoms with Crippen molar-refractivity contribution >= 4 is 5.69 Å². The summed E-state index contributed by atoms with van der Waals surface area (Å²) in [5.74, 6) is 0. The van der Waals surface area contributed by atoms with Gasteiger partial charge in [-0.05, 0) is 30.9 Å². The highest BCUT2D eigenvalue weighted by Gasteiger charge is 2.24. The highest BCUT2D eigenvalue weighted by molar-refractivity contribution is 5.56. The Hall–Kier alpha value is -1.02. The van der Waals surface area contributed by atoms with Crippen LogP contribution in [0.2, 0.25) is 0 Å². The number of unbranched alkanes of at least 4 members (excludes halogenated alkanes) is 6. The summed E-state index contributed by atoms with van der Waals surface area (Å²) in [6.07, 6.45) is 12.0. The van der Waals surface area contributed by atoms with Crippen LogP contribution in [0, 0.1) is 0 Å². The van der Waals surface area contributed by atoms with Crippen molar-refractivity contribution in [1.29, 1.82) is 0 Å². The Balaban J connectivity index is 1.80. The number of hydrogen-bond donors (Lipinski definition) is 1. The third-order valence-electron chi connectivity index (χ3n) is 4.76. The summed E-state index contributed by atoms with van der Waals surface area (Å²) in [6.45, 7) is 4.23. The average molecular weight is 288 g/mol. The molecule has 1 atom stereocenters. The Morgan fingerprint density at radius 2 is 1.76 bits per heavy atom. The van der Waals surface area contributed by atoms with Gasteiger partial charge in [0.1, 0.15) is 0 Å². The van der Waals surface area contributed by atoms with Gasteiger partial charge in [0, 0.05) is 24.8 Å². The minimum absolute atomic E-state index is 0.542. The van der Waals surface area contributed by atoms with Crippen molar-refractivity contribution in [1.82, 2.24) is 0 Å². The lowest BCUT2D eigenvalue weighted by atomic mass is 9.95. The molecule has 1 aromatic rings. The summed E-state index contributed by atoms with van der Waals surface area (Å²) in [5, 5.41) is 0. The molecule has 21 heavy (non-hydrogen) atoms. The molecule has 0 aliphatic carbocycles. The quantitative estimate of drug-likeness (QED) is 0.677. The summed E-state index contributed by atoms with van der Waals surface area (Å²) < 4.78 is 0. The van der Waals surface area contributed by atoms with Crippen molar-refractivity contribution in [3.63, 3.8) is 0 Å². The summed E-state index contributed by atoms with van der Waals surface area (Å²) in [4.78, 5) is 2.57. The highest BCUT2D eigenvalue weighted by Crippen LogP contribution is 2.30. The minimum atomic E-state index is 0.542. The van der Waals surface area contributed by atoms with Crippen LogP contribution in [0.15, 0.2) is 24.3 Å². The van der Waals surface area contributed by atoms with E-state index < -0.39 is 0 Å². The number of anilines is 1. The molecule has 0 radical (unpaired) electrons. The smallest absolute Gasteiger partial charge is 0.0415 e. The van der Waals surface area contributed by atoms with Gasteiger partial charge in [0.05, 0.1) is 0 Å². The molecule has 2 N–H and O–H groups in total. The van der Waals surface area contributed by atoms with E-state index in [1.165, 1.54) is 75.6 Å². The van der Waals surface area contributed by atoms with Crippen LogP contribution in [0.3, 0.4) is 0 Å². The minimum Gasteiger partial charge on any atom is -0.367 e. The average Bonchev–Trinajstić information content (AvgIpc) is 2.54. The van der Waals surface area contributed by atoms with Gasteiger partial charge >= 0.3 is 0 Å². The van der Waals surface area contributed by atoms with Gasteiger partial charge in [0.15, 0.2) is 0 Å². The summed E-state index contributed by atoms with van der Waals surface area (Å²) in [5.41, 5.74) is 8.93. The van der Waals surface area contributed by atoms with Crippen LogP contribution >= 0.6 is 0 Å². The van der Waals surface area contributed by atoms with E-state index in [9.17, 15) is 0 Å². The van der Waals surface area contributed by atoms with Gasteiger partial charge in [-0.25, -0.2) is 0 Å². The molecule has 1 aromatic carbocycles. The maximum Gasteiger partial charge on any atom is 0.0415 e. The Bertz CT molecular complexity index is 402. The predicted octanol–water partition coefficient (Wildman–Crippen LogP) is 4.52. The molecule has 2 nitrogen and oxygen atoms in total. The van der Waals surface area contributed by atoms with Crippen molar-refractivity contribution in [3.05, 3.63) is 29.8 Å². The van der Waals surface area contributed by atoms with Gasteiger partial charge in [-0.1, -0.05) is 63.6 Å². The van der Waals surface area contributed by atoms with E-state index in [1.807, 2.05) is 0 Å². The van der Waals surface area contributed by atoms with E-state index in [2.05, 4.69) is 36.1 Å². The molecule has 2 heteroatoms. The fraction of sp³-hybridized carbons (Fsp3) is 0.684. The molecule has 0 spiro atoms. The van der Waals surface area contributed by atoms with E-state index in [0.717, 1.165) is 6.54 Å². The molecule has 1 unspecified atom stereocenters. The van der Waals surface area contributed by atoms with Crippen LogP contribution in [0.1, 0.15) is 63.9 Å². The SMILES string of the molecule is CCCCCCCCCN1c2ccccc2CCC1CN. The lowest BCUT2D eigenvalue weighted by Crippen LogP contribution is -2.44. The first-order valence-corrected chi connectivity index (χ1v) is 8.91. The van der Waals surface area contributed by atoms with Crippen LogP contribution in [-0.2, 0) is 6.42 Å². The molecule has 1 aliphatic heterocycles. The zero-order valence-electron chi connectivity index (χ0n) is 13.7. The van der Waals surface area contributed by atoms with Crippen molar-refractivity contribution in [3.8, 4) is 0 Å². The van der Waals surface area contributed by atoms with E-state index in [1.54, 1.807) is 0 Å². The Morgan fingerprint density at radius 3 is 2.52 bits per heavy atom. The molecule has 0 aromatic heterocycles. The fourth-order valence-corrected chi connectivity index (χ4v) is 3.46. The second kappa shape index (κ2) is 9.09. The standard InChI is InChI=1S/C19H32N2/c1-2-3-4-5-6-7-10-15-21-18(16-20)14-13-17-11-8-9-12-19(17)21/h8-9,11-12,18H,2-7,10,13-16,20H2,1H3. The molecule has 2 rings (SSSR count). The Labute approximate surface area is 130 Å². The second-order valence-electron chi connectivity index (χ2n) is 6.37. The van der Waals surface area contributed by atoms with Crippen LogP contribution < -0.4 is 10.6 Å². The van der Waals surface area contributed by atoms with Crippen molar-refractivity contribution in [2.75, 3.05) is 18.0 Å². The maximum atomic E-state index is 5.99. The first-order valence-electron chi connectivity index (χ1n) is 8.91. The molecule has 0 bridgehead atoms. The number of fused-ring (bicyclic) bond motifs is 1. The predicted molar refractivity (Wildman–Crippen MR) is 92.9 cm³/mol. The molecule has 0 saturated carbocycles. The van der Waals surface area contributed by atoms with Crippen LogP contribution in [0.25, 0.3) is 0 Å². The van der Waals surface area contributed by atoms with E-state index in [-0.39, 0.29) is 0 Å². The van der Waals surface area contributed by atoms with Gasteiger partial charge in [-0.15, -0.1) is 0 Å². The Morgan fingerprint density at radius 1 is 1.05 bits per heavy atom. The molecule has 1 heterocycles. The number of hydrogen-bond acceptors (Lipinski definition) is 2. The zero-order valence-corrected chi connectivity index (χ0v) is 13.7. The Kier molecular flexibility index (Phi) is 7.08. The van der Waals surface area contributed by atoms with Crippen molar-refractivity contribution in [2.24, 2.45) is 5.73 Å². The first kappa shape index (κ1) is 16.4. The third kappa shape index (κ3) is 4.74. The molecule has 0 fully saturated rings. The monoisotopic (exact) mass is 288 g/mol. The van der Waals surface area contributed by atoms with Crippen LogP contribution in [0.5, 0.6) is 0 Å². The normalized spacial score (nSPS) is 17.8. The third-order valence-corrected chi connectivity index (χ3v) is 4.76. The largest absolute Gasteiger partial charge is 0.367 e. The molecular formula is C19H32N2. The molecule has 0 amide bonds.